The van der Waals surface area contributed by atoms with Crippen LogP contribution in [0.3, 0.4) is 0 Å². The smallest absolute Gasteiger partial charge is 0.227 e. The molecule has 0 aliphatic carbocycles. The van der Waals surface area contributed by atoms with Gasteiger partial charge in [-0.1, -0.05) is 62.4 Å². The second kappa shape index (κ2) is 11.9. The molecule has 0 spiro atoms. The van der Waals surface area contributed by atoms with E-state index in [1.54, 1.807) is 7.11 Å². The first-order valence-corrected chi connectivity index (χ1v) is 12.4. The van der Waals surface area contributed by atoms with Crippen molar-refractivity contribution in [2.45, 2.75) is 33.4 Å². The minimum absolute atomic E-state index is 0.434. The van der Waals surface area contributed by atoms with E-state index in [9.17, 15) is 5.11 Å². The van der Waals surface area contributed by atoms with Gasteiger partial charge in [0.05, 0.1) is 30.2 Å². The molecule has 0 saturated carbocycles. The van der Waals surface area contributed by atoms with Gasteiger partial charge in [0.2, 0.25) is 5.88 Å². The van der Waals surface area contributed by atoms with E-state index in [4.69, 9.17) is 14.6 Å². The van der Waals surface area contributed by atoms with E-state index in [1.165, 1.54) is 0 Å². The fourth-order valence-electron chi connectivity index (χ4n) is 4.29. The van der Waals surface area contributed by atoms with Crippen molar-refractivity contribution in [2.75, 3.05) is 20.2 Å². The minimum Gasteiger partial charge on any atom is -0.497 e. The number of aliphatic hydroxyl groups is 1. The van der Waals surface area contributed by atoms with Crippen molar-refractivity contribution in [3.63, 3.8) is 0 Å². The maximum absolute atomic E-state index is 11.0. The highest BCUT2D eigenvalue weighted by Crippen LogP contribution is 2.33. The van der Waals surface area contributed by atoms with Crippen LogP contribution in [-0.4, -0.2) is 40.0 Å². The van der Waals surface area contributed by atoms with Crippen molar-refractivity contribution in [3.8, 4) is 23.1 Å². The second-order valence-corrected chi connectivity index (χ2v) is 9.41. The highest BCUT2D eigenvalue weighted by molar-refractivity contribution is 5.44. The van der Waals surface area contributed by atoms with Crippen LogP contribution < -0.4 is 9.47 Å². The van der Waals surface area contributed by atoms with Crippen molar-refractivity contribution in [3.05, 3.63) is 102 Å². The van der Waals surface area contributed by atoms with Gasteiger partial charge >= 0.3 is 0 Å². The Morgan fingerprint density at radius 1 is 0.861 bits per heavy atom. The Kier molecular flexibility index (Phi) is 8.41. The molecule has 6 heteroatoms. The highest BCUT2D eigenvalue weighted by atomic mass is 16.5. The number of para-hydroxylation sites is 1. The molecule has 0 radical (unpaired) electrons. The van der Waals surface area contributed by atoms with E-state index in [1.807, 2.05) is 96.5 Å². The molecule has 6 nitrogen and oxygen atoms in total. The van der Waals surface area contributed by atoms with Crippen LogP contribution in [0.1, 0.15) is 36.8 Å². The summed E-state index contributed by atoms with van der Waals surface area (Å²) in [5, 5.41) is 15.8. The number of benzene rings is 3. The first kappa shape index (κ1) is 25.5. The molecule has 3 aromatic carbocycles. The lowest BCUT2D eigenvalue weighted by Crippen LogP contribution is -2.32. The fraction of sp³-hybridized carbons (Fsp3) is 0.300. The molecule has 0 amide bonds. The first-order chi connectivity index (χ1) is 17.4. The average Bonchev–Trinajstić information content (AvgIpc) is 3.19. The van der Waals surface area contributed by atoms with Gasteiger partial charge < -0.3 is 14.6 Å². The van der Waals surface area contributed by atoms with Crippen LogP contribution in [0, 0.1) is 12.8 Å². The van der Waals surface area contributed by atoms with Crippen LogP contribution in [0.5, 0.6) is 17.4 Å². The van der Waals surface area contributed by atoms with Gasteiger partial charge in [-0.2, -0.15) is 5.10 Å². The lowest BCUT2D eigenvalue weighted by molar-refractivity contribution is 0.101. The van der Waals surface area contributed by atoms with Gasteiger partial charge in [0.25, 0.3) is 0 Å². The summed E-state index contributed by atoms with van der Waals surface area (Å²) in [6.07, 6.45) is -0.583. The van der Waals surface area contributed by atoms with Crippen molar-refractivity contribution in [1.82, 2.24) is 14.7 Å². The van der Waals surface area contributed by atoms with Gasteiger partial charge in [-0.25, -0.2) is 4.68 Å². The quantitative estimate of drug-likeness (QED) is 0.275. The Labute approximate surface area is 213 Å². The number of nitrogens with zero attached hydrogens (tertiary/aromatic N) is 3. The Hall–Kier alpha value is -3.61. The molecule has 1 heterocycles. The molecule has 0 saturated heterocycles. The summed E-state index contributed by atoms with van der Waals surface area (Å²) in [4.78, 5) is 2.28. The maximum Gasteiger partial charge on any atom is 0.227 e. The summed E-state index contributed by atoms with van der Waals surface area (Å²) in [5.74, 6) is 2.58. The molecule has 1 aromatic heterocycles. The largest absolute Gasteiger partial charge is 0.497 e. The predicted octanol–water partition coefficient (Wildman–Crippen LogP) is 6.17. The van der Waals surface area contributed by atoms with Gasteiger partial charge in [-0.3, -0.25) is 4.90 Å². The zero-order chi connectivity index (χ0) is 25.5. The molecule has 4 aromatic rings. The number of hydrogen-bond donors (Lipinski definition) is 1. The zero-order valence-corrected chi connectivity index (χ0v) is 21.5. The van der Waals surface area contributed by atoms with Crippen molar-refractivity contribution < 1.29 is 14.6 Å². The predicted molar refractivity (Wildman–Crippen MR) is 143 cm³/mol. The summed E-state index contributed by atoms with van der Waals surface area (Å²) < 4.78 is 13.6. The van der Waals surface area contributed by atoms with E-state index < -0.39 is 6.10 Å². The summed E-state index contributed by atoms with van der Waals surface area (Å²) in [7, 11) is 1.65. The van der Waals surface area contributed by atoms with Crippen molar-refractivity contribution in [1.29, 1.82) is 0 Å². The third kappa shape index (κ3) is 6.33. The fourth-order valence-corrected chi connectivity index (χ4v) is 4.29. The summed E-state index contributed by atoms with van der Waals surface area (Å²) in [5.41, 5.74) is 3.73. The van der Waals surface area contributed by atoms with Crippen LogP contribution in [0.15, 0.2) is 84.9 Å². The van der Waals surface area contributed by atoms with E-state index in [0.717, 1.165) is 34.8 Å². The van der Waals surface area contributed by atoms with E-state index in [0.29, 0.717) is 30.6 Å². The molecule has 1 unspecified atom stereocenters. The van der Waals surface area contributed by atoms with Gasteiger partial charge in [-0.05, 0) is 54.8 Å². The van der Waals surface area contributed by atoms with E-state index in [2.05, 4.69) is 18.7 Å². The summed E-state index contributed by atoms with van der Waals surface area (Å²) >= 11 is 0. The number of hydrogen-bond acceptors (Lipinski definition) is 5. The average molecular weight is 486 g/mol. The molecule has 4 rings (SSSR count). The maximum atomic E-state index is 11.0. The van der Waals surface area contributed by atoms with Crippen LogP contribution >= 0.6 is 0 Å². The van der Waals surface area contributed by atoms with Crippen molar-refractivity contribution in [2.24, 2.45) is 5.92 Å². The van der Waals surface area contributed by atoms with Crippen molar-refractivity contribution >= 4 is 0 Å². The van der Waals surface area contributed by atoms with Crippen LogP contribution in [-0.2, 0) is 6.54 Å². The third-order valence-corrected chi connectivity index (χ3v) is 6.03. The van der Waals surface area contributed by atoms with Crippen LogP contribution in [0.4, 0.5) is 0 Å². The standard InChI is InChI=1S/C30H35N3O3/c1-22(2)19-32(21-29(34)24-11-7-5-8-12-24)20-28-23(3)31-33(25-13-9-6-10-14-25)30(28)36-27-17-15-26(35-4)16-18-27/h5-18,22,29,34H,19-21H2,1-4H3. The number of rotatable bonds is 11. The first-order valence-electron chi connectivity index (χ1n) is 12.4. The number of aromatic nitrogens is 2. The summed E-state index contributed by atoms with van der Waals surface area (Å²) in [6, 6.07) is 27.4. The van der Waals surface area contributed by atoms with Gasteiger partial charge in [-0.15, -0.1) is 0 Å². The number of methoxy groups -OCH3 is 1. The van der Waals surface area contributed by atoms with Gasteiger partial charge in [0.15, 0.2) is 0 Å². The molecule has 0 aliphatic rings. The summed E-state index contributed by atoms with van der Waals surface area (Å²) in [6.45, 7) is 8.35. The molecule has 0 aliphatic heterocycles. The third-order valence-electron chi connectivity index (χ3n) is 6.03. The molecule has 0 fully saturated rings. The number of aliphatic hydroxyl groups excluding tert-OH is 1. The van der Waals surface area contributed by atoms with E-state index >= 15 is 0 Å². The Balaban J connectivity index is 1.68. The highest BCUT2D eigenvalue weighted by Gasteiger charge is 2.23. The Bertz CT molecular complexity index is 1220. The molecule has 1 N–H and O–H groups in total. The zero-order valence-electron chi connectivity index (χ0n) is 21.5. The van der Waals surface area contributed by atoms with Crippen LogP contribution in [0.25, 0.3) is 5.69 Å². The SMILES string of the molecule is COc1ccc(Oc2c(CN(CC(C)C)CC(O)c3ccccc3)c(C)nn2-c2ccccc2)cc1. The molecular weight excluding hydrogens is 450 g/mol. The minimum atomic E-state index is -0.583. The Morgan fingerprint density at radius 2 is 1.47 bits per heavy atom. The topological polar surface area (TPSA) is 59.8 Å². The number of aryl methyl sites for hydroxylation is 1. The monoisotopic (exact) mass is 485 g/mol. The lowest BCUT2D eigenvalue weighted by atomic mass is 10.1. The molecular formula is C30H35N3O3. The molecule has 188 valence electrons. The molecule has 36 heavy (non-hydrogen) atoms. The Morgan fingerprint density at radius 3 is 2.08 bits per heavy atom. The normalized spacial score (nSPS) is 12.2. The van der Waals surface area contributed by atoms with E-state index in [-0.39, 0.29) is 0 Å². The number of ether oxygens (including phenoxy) is 2. The molecule has 0 bridgehead atoms. The lowest BCUT2D eigenvalue weighted by Gasteiger charge is -2.27. The molecule has 1 atom stereocenters. The van der Waals surface area contributed by atoms with Gasteiger partial charge in [0.1, 0.15) is 11.5 Å². The van der Waals surface area contributed by atoms with Crippen LogP contribution in [0.2, 0.25) is 0 Å². The second-order valence-electron chi connectivity index (χ2n) is 9.41. The van der Waals surface area contributed by atoms with Gasteiger partial charge in [0, 0.05) is 19.6 Å².